The number of rotatable bonds is 2. The summed E-state index contributed by atoms with van der Waals surface area (Å²) in [4.78, 5) is 10.9. The normalized spacial score (nSPS) is 35.1. The van der Waals surface area contributed by atoms with Crippen LogP contribution in [0, 0.1) is 5.92 Å². The first-order chi connectivity index (χ1) is 5.50. The SMILES string of the molecule is CCC1OC(=O)OC1(C)C(C)C. The zero-order chi connectivity index (χ0) is 9.35. The lowest BCUT2D eigenvalue weighted by Crippen LogP contribution is -2.41. The van der Waals surface area contributed by atoms with Gasteiger partial charge in [0, 0.05) is 0 Å². The van der Waals surface area contributed by atoms with Crippen LogP contribution in [-0.2, 0) is 9.47 Å². The smallest absolute Gasteiger partial charge is 0.427 e. The highest BCUT2D eigenvalue weighted by atomic mass is 16.8. The molecule has 0 aromatic heterocycles. The van der Waals surface area contributed by atoms with Gasteiger partial charge in [0.2, 0.25) is 0 Å². The third-order valence-electron chi connectivity index (χ3n) is 2.70. The van der Waals surface area contributed by atoms with Crippen LogP contribution in [0.2, 0.25) is 0 Å². The van der Waals surface area contributed by atoms with E-state index in [1.165, 1.54) is 0 Å². The maximum Gasteiger partial charge on any atom is 0.509 e. The van der Waals surface area contributed by atoms with Crippen molar-refractivity contribution in [1.82, 2.24) is 0 Å². The number of ether oxygens (including phenoxy) is 2. The van der Waals surface area contributed by atoms with Crippen LogP contribution in [0.5, 0.6) is 0 Å². The molecule has 2 unspecified atom stereocenters. The lowest BCUT2D eigenvalue weighted by molar-refractivity contribution is 0.00264. The lowest BCUT2D eigenvalue weighted by Gasteiger charge is -2.29. The standard InChI is InChI=1S/C9H16O3/c1-5-7-9(4,6(2)3)12-8(10)11-7/h6-7H,5H2,1-4H3. The minimum absolute atomic E-state index is 0.0926. The molecule has 0 N–H and O–H groups in total. The molecule has 12 heavy (non-hydrogen) atoms. The Bertz CT molecular complexity index is 188. The highest BCUT2D eigenvalue weighted by molar-refractivity contribution is 5.63. The van der Waals surface area contributed by atoms with E-state index >= 15 is 0 Å². The van der Waals surface area contributed by atoms with Gasteiger partial charge >= 0.3 is 6.16 Å². The first-order valence-corrected chi connectivity index (χ1v) is 4.40. The highest BCUT2D eigenvalue weighted by Gasteiger charge is 2.48. The molecule has 1 aliphatic rings. The predicted molar refractivity (Wildman–Crippen MR) is 44.9 cm³/mol. The van der Waals surface area contributed by atoms with E-state index in [9.17, 15) is 4.79 Å². The number of cyclic esters (lactones) is 2. The van der Waals surface area contributed by atoms with Crippen molar-refractivity contribution in [2.24, 2.45) is 5.92 Å². The fraction of sp³-hybridized carbons (Fsp3) is 0.889. The first kappa shape index (κ1) is 9.36. The maximum atomic E-state index is 10.9. The van der Waals surface area contributed by atoms with Gasteiger partial charge in [0.25, 0.3) is 0 Å². The summed E-state index contributed by atoms with van der Waals surface area (Å²) in [7, 11) is 0. The molecule has 0 bridgehead atoms. The molecule has 1 heterocycles. The number of hydrogen-bond acceptors (Lipinski definition) is 3. The Morgan fingerprint density at radius 1 is 1.58 bits per heavy atom. The Morgan fingerprint density at radius 3 is 2.50 bits per heavy atom. The minimum Gasteiger partial charge on any atom is -0.427 e. The van der Waals surface area contributed by atoms with Gasteiger partial charge in [0.05, 0.1) is 0 Å². The van der Waals surface area contributed by atoms with E-state index in [-0.39, 0.29) is 12.0 Å². The van der Waals surface area contributed by atoms with E-state index in [1.54, 1.807) is 0 Å². The van der Waals surface area contributed by atoms with E-state index in [1.807, 2.05) is 27.7 Å². The largest absolute Gasteiger partial charge is 0.509 e. The van der Waals surface area contributed by atoms with Gasteiger partial charge in [-0.1, -0.05) is 20.8 Å². The van der Waals surface area contributed by atoms with Gasteiger partial charge in [0.1, 0.15) is 6.10 Å². The summed E-state index contributed by atoms with van der Waals surface area (Å²) in [5.74, 6) is 0.286. The van der Waals surface area contributed by atoms with Crippen molar-refractivity contribution in [1.29, 1.82) is 0 Å². The van der Waals surface area contributed by atoms with Crippen molar-refractivity contribution in [3.05, 3.63) is 0 Å². The van der Waals surface area contributed by atoms with E-state index < -0.39 is 11.8 Å². The monoisotopic (exact) mass is 172 g/mol. The molecule has 0 radical (unpaired) electrons. The van der Waals surface area contributed by atoms with E-state index in [0.717, 1.165) is 6.42 Å². The van der Waals surface area contributed by atoms with Crippen LogP contribution < -0.4 is 0 Å². The lowest BCUT2D eigenvalue weighted by atomic mass is 9.86. The molecule has 0 saturated carbocycles. The maximum absolute atomic E-state index is 10.9. The number of carbonyl (C=O) groups is 1. The van der Waals surface area contributed by atoms with Gasteiger partial charge in [-0.05, 0) is 19.3 Å². The second-order valence-electron chi connectivity index (χ2n) is 3.71. The third kappa shape index (κ3) is 1.28. The number of carbonyl (C=O) groups excluding carboxylic acids is 1. The quantitative estimate of drug-likeness (QED) is 0.600. The van der Waals surface area contributed by atoms with Crippen LogP contribution in [0.1, 0.15) is 34.1 Å². The molecule has 0 aliphatic carbocycles. The average Bonchev–Trinajstić information content (AvgIpc) is 2.27. The van der Waals surface area contributed by atoms with Crippen LogP contribution in [0.3, 0.4) is 0 Å². The van der Waals surface area contributed by atoms with Crippen LogP contribution in [-0.4, -0.2) is 17.9 Å². The van der Waals surface area contributed by atoms with Gasteiger partial charge in [0.15, 0.2) is 5.60 Å². The van der Waals surface area contributed by atoms with Crippen LogP contribution in [0.25, 0.3) is 0 Å². The molecule has 0 spiro atoms. The van der Waals surface area contributed by atoms with Crippen molar-refractivity contribution in [2.45, 2.75) is 45.8 Å². The van der Waals surface area contributed by atoms with Gasteiger partial charge in [-0.3, -0.25) is 0 Å². The van der Waals surface area contributed by atoms with Crippen LogP contribution in [0.15, 0.2) is 0 Å². The van der Waals surface area contributed by atoms with Crippen molar-refractivity contribution < 1.29 is 14.3 Å². The summed E-state index contributed by atoms with van der Waals surface area (Å²) < 4.78 is 10.2. The van der Waals surface area contributed by atoms with Gasteiger partial charge in [-0.15, -0.1) is 0 Å². The second-order valence-corrected chi connectivity index (χ2v) is 3.71. The van der Waals surface area contributed by atoms with E-state index in [0.29, 0.717) is 0 Å². The van der Waals surface area contributed by atoms with E-state index in [2.05, 4.69) is 0 Å². The Labute approximate surface area is 73.0 Å². The molecule has 1 rings (SSSR count). The molecule has 0 amide bonds. The highest BCUT2D eigenvalue weighted by Crippen LogP contribution is 2.35. The third-order valence-corrected chi connectivity index (χ3v) is 2.70. The summed E-state index contributed by atoms with van der Waals surface area (Å²) in [5, 5.41) is 0. The second kappa shape index (κ2) is 2.96. The van der Waals surface area contributed by atoms with Gasteiger partial charge in [-0.25, -0.2) is 4.79 Å². The molecule has 3 nitrogen and oxygen atoms in total. The fourth-order valence-electron chi connectivity index (χ4n) is 1.48. The summed E-state index contributed by atoms with van der Waals surface area (Å²) in [6, 6.07) is 0. The van der Waals surface area contributed by atoms with Gasteiger partial charge < -0.3 is 9.47 Å². The van der Waals surface area contributed by atoms with Gasteiger partial charge in [-0.2, -0.15) is 0 Å². The number of hydrogen-bond donors (Lipinski definition) is 0. The molecule has 1 aliphatic heterocycles. The molecule has 1 saturated heterocycles. The molecule has 0 aromatic carbocycles. The summed E-state index contributed by atoms with van der Waals surface area (Å²) >= 11 is 0. The Hall–Kier alpha value is -0.730. The average molecular weight is 172 g/mol. The minimum atomic E-state index is -0.530. The summed E-state index contributed by atoms with van der Waals surface area (Å²) in [6.45, 7) is 7.99. The van der Waals surface area contributed by atoms with Crippen LogP contribution >= 0.6 is 0 Å². The molecule has 3 heteroatoms. The molecular formula is C9H16O3. The van der Waals surface area contributed by atoms with Crippen molar-refractivity contribution in [3.8, 4) is 0 Å². The predicted octanol–water partition coefficient (Wildman–Crippen LogP) is 2.35. The Balaban J connectivity index is 2.81. The molecule has 0 aromatic rings. The van der Waals surface area contributed by atoms with E-state index in [4.69, 9.17) is 9.47 Å². The zero-order valence-corrected chi connectivity index (χ0v) is 8.09. The fourth-order valence-corrected chi connectivity index (χ4v) is 1.48. The van der Waals surface area contributed by atoms with Crippen molar-refractivity contribution in [2.75, 3.05) is 0 Å². The summed E-state index contributed by atoms with van der Waals surface area (Å²) in [5.41, 5.74) is -0.439. The van der Waals surface area contributed by atoms with Crippen LogP contribution in [0.4, 0.5) is 4.79 Å². The topological polar surface area (TPSA) is 35.5 Å². The molecule has 70 valence electrons. The Morgan fingerprint density at radius 2 is 2.17 bits per heavy atom. The van der Waals surface area contributed by atoms with Crippen molar-refractivity contribution in [3.63, 3.8) is 0 Å². The zero-order valence-electron chi connectivity index (χ0n) is 8.09. The molecule has 2 atom stereocenters. The van der Waals surface area contributed by atoms with Crippen molar-refractivity contribution >= 4 is 6.16 Å². The molecule has 1 fully saturated rings. The summed E-state index contributed by atoms with van der Waals surface area (Å²) in [6.07, 6.45) is 0.184. The Kier molecular flexibility index (Phi) is 2.31. The molecular weight excluding hydrogens is 156 g/mol. The first-order valence-electron chi connectivity index (χ1n) is 4.40.